The number of rotatable bonds is 3. The molecule has 0 aromatic carbocycles. The molecule has 2 aliphatic rings. The molecular weight excluding hydrogens is 404 g/mol. The first-order chi connectivity index (χ1) is 14.4. The van der Waals surface area contributed by atoms with Crippen molar-refractivity contribution in [3.63, 3.8) is 0 Å². The quantitative estimate of drug-likeness (QED) is 0.682. The molecule has 9 nitrogen and oxygen atoms in total. The summed E-state index contributed by atoms with van der Waals surface area (Å²) in [5.41, 5.74) is 4.83. The molecule has 30 heavy (non-hydrogen) atoms. The second-order valence-electron chi connectivity index (χ2n) is 7.58. The number of fused-ring (bicyclic) bond motifs is 1. The number of nitrogens with one attached hydrogen (secondary N) is 1. The highest BCUT2D eigenvalue weighted by molar-refractivity contribution is 7.94. The van der Waals surface area contributed by atoms with Gasteiger partial charge in [-0.05, 0) is 30.7 Å². The number of aryl methyl sites for hydroxylation is 1. The summed E-state index contributed by atoms with van der Waals surface area (Å²) in [7, 11) is -1.32. The molecule has 1 saturated heterocycles. The Bertz CT molecular complexity index is 1270. The molecule has 5 heterocycles. The van der Waals surface area contributed by atoms with Gasteiger partial charge in [0.15, 0.2) is 9.84 Å². The molecule has 3 aromatic rings. The fourth-order valence-electron chi connectivity index (χ4n) is 3.97. The van der Waals surface area contributed by atoms with Gasteiger partial charge >= 0.3 is 0 Å². The average Bonchev–Trinajstić information content (AvgIpc) is 3.36. The van der Waals surface area contributed by atoms with E-state index in [0.29, 0.717) is 18.9 Å². The summed E-state index contributed by atoms with van der Waals surface area (Å²) >= 11 is 0. The second kappa shape index (κ2) is 7.06. The zero-order chi connectivity index (χ0) is 20.9. The first-order valence-corrected chi connectivity index (χ1v) is 11.5. The Labute approximate surface area is 174 Å². The highest BCUT2D eigenvalue weighted by atomic mass is 32.2. The number of allylic oxidation sites excluding steroid dienone is 2. The van der Waals surface area contributed by atoms with E-state index in [1.807, 2.05) is 19.2 Å². The molecule has 1 N–H and O–H groups in total. The van der Waals surface area contributed by atoms with Crippen LogP contribution in [-0.4, -0.2) is 64.9 Å². The summed E-state index contributed by atoms with van der Waals surface area (Å²) in [5, 5.41) is 13.0. The van der Waals surface area contributed by atoms with Crippen molar-refractivity contribution in [1.82, 2.24) is 25.0 Å². The van der Waals surface area contributed by atoms with E-state index in [1.165, 1.54) is 5.41 Å². The monoisotopic (exact) mass is 426 g/mol. The van der Waals surface area contributed by atoms with Gasteiger partial charge in [0.2, 0.25) is 0 Å². The van der Waals surface area contributed by atoms with E-state index >= 15 is 0 Å². The number of H-pyrrole nitrogens is 1. The van der Waals surface area contributed by atoms with E-state index in [2.05, 4.69) is 22.0 Å². The number of morpholine rings is 1. The van der Waals surface area contributed by atoms with Gasteiger partial charge in [-0.25, -0.2) is 13.4 Å². The van der Waals surface area contributed by atoms with Gasteiger partial charge in [0.25, 0.3) is 0 Å². The third-order valence-corrected chi connectivity index (χ3v) is 6.68. The molecule has 156 valence electrons. The molecule has 0 bridgehead atoms. The minimum Gasteiger partial charge on any atom is -0.377 e. The number of pyridine rings is 1. The maximum atomic E-state index is 11.9. The zero-order valence-electron chi connectivity index (χ0n) is 16.7. The van der Waals surface area contributed by atoms with Crippen molar-refractivity contribution in [2.24, 2.45) is 7.05 Å². The Balaban J connectivity index is 1.75. The normalized spacial score (nSPS) is 21.2. The van der Waals surface area contributed by atoms with Crippen molar-refractivity contribution in [2.75, 3.05) is 30.4 Å². The Kier molecular flexibility index (Phi) is 4.48. The van der Waals surface area contributed by atoms with Gasteiger partial charge in [0.05, 0.1) is 36.2 Å². The van der Waals surface area contributed by atoms with Gasteiger partial charge in [0, 0.05) is 30.8 Å². The summed E-state index contributed by atoms with van der Waals surface area (Å²) < 4.78 is 31.1. The largest absolute Gasteiger partial charge is 0.377 e. The van der Waals surface area contributed by atoms with Gasteiger partial charge in [0.1, 0.15) is 17.0 Å². The second-order valence-corrected chi connectivity index (χ2v) is 9.51. The van der Waals surface area contributed by atoms with Crippen LogP contribution in [0.2, 0.25) is 0 Å². The third-order valence-electron chi connectivity index (χ3n) is 5.50. The Morgan fingerprint density at radius 3 is 2.90 bits per heavy atom. The van der Waals surface area contributed by atoms with E-state index in [4.69, 9.17) is 14.8 Å². The van der Waals surface area contributed by atoms with Crippen molar-refractivity contribution in [1.29, 1.82) is 0 Å². The van der Waals surface area contributed by atoms with Crippen LogP contribution in [0.25, 0.3) is 28.0 Å². The van der Waals surface area contributed by atoms with Crippen LogP contribution in [0.5, 0.6) is 0 Å². The van der Waals surface area contributed by atoms with Crippen LogP contribution in [-0.2, 0) is 21.6 Å². The number of nitrogens with zero attached hydrogens (tertiary/aromatic N) is 5. The van der Waals surface area contributed by atoms with Crippen molar-refractivity contribution in [3.8, 4) is 11.4 Å². The van der Waals surface area contributed by atoms with Crippen molar-refractivity contribution in [3.05, 3.63) is 41.5 Å². The number of anilines is 1. The van der Waals surface area contributed by atoms with Gasteiger partial charge in [-0.3, -0.25) is 9.78 Å². The number of hydrogen-bond donors (Lipinski definition) is 1. The smallest absolute Gasteiger partial charge is 0.175 e. The summed E-state index contributed by atoms with van der Waals surface area (Å²) in [5.74, 6) is 0.807. The maximum Gasteiger partial charge on any atom is 0.175 e. The molecule has 1 fully saturated rings. The molecule has 0 radical (unpaired) electrons. The first kappa shape index (κ1) is 19.0. The van der Waals surface area contributed by atoms with Crippen LogP contribution in [0.3, 0.4) is 0 Å². The molecular formula is C20H22N6O3S. The molecule has 0 unspecified atom stereocenters. The molecule has 3 aromatic heterocycles. The first-order valence-electron chi connectivity index (χ1n) is 9.76. The third kappa shape index (κ3) is 3.21. The molecule has 0 amide bonds. The lowest BCUT2D eigenvalue weighted by Crippen LogP contribution is -2.44. The van der Waals surface area contributed by atoms with Crippen LogP contribution in [0.1, 0.15) is 12.5 Å². The number of hydrogen-bond acceptors (Lipinski definition) is 7. The predicted molar refractivity (Wildman–Crippen MR) is 115 cm³/mol. The predicted octanol–water partition coefficient (Wildman–Crippen LogP) is 1.91. The molecule has 5 rings (SSSR count). The van der Waals surface area contributed by atoms with E-state index in [1.54, 1.807) is 23.0 Å². The SMILES string of the molecule is C[C@@H]1COCCN1c1cc(C2=CCS(=O)(=O)C=C2)c2c(n1)c(-c1ccn[nH]1)nn2C. The Morgan fingerprint density at radius 2 is 2.20 bits per heavy atom. The lowest BCUT2D eigenvalue weighted by molar-refractivity contribution is 0.0985. The fourth-order valence-corrected chi connectivity index (χ4v) is 4.85. The van der Waals surface area contributed by atoms with E-state index < -0.39 is 9.84 Å². The molecule has 2 aliphatic heterocycles. The van der Waals surface area contributed by atoms with E-state index in [0.717, 1.165) is 40.2 Å². The van der Waals surface area contributed by atoms with Crippen LogP contribution >= 0.6 is 0 Å². The van der Waals surface area contributed by atoms with Crippen molar-refractivity contribution >= 4 is 32.3 Å². The number of aromatic amines is 1. The lowest BCUT2D eigenvalue weighted by Gasteiger charge is -2.34. The van der Waals surface area contributed by atoms with E-state index in [9.17, 15) is 8.42 Å². The molecule has 10 heteroatoms. The van der Waals surface area contributed by atoms with Gasteiger partial charge < -0.3 is 9.64 Å². The van der Waals surface area contributed by atoms with Crippen LogP contribution < -0.4 is 4.90 Å². The minimum atomic E-state index is -3.19. The molecule has 0 spiro atoms. The number of ether oxygens (including phenoxy) is 1. The highest BCUT2D eigenvalue weighted by Gasteiger charge is 2.25. The Hall–Kier alpha value is -2.98. The van der Waals surface area contributed by atoms with Gasteiger partial charge in [-0.1, -0.05) is 6.08 Å². The van der Waals surface area contributed by atoms with Gasteiger partial charge in [-0.2, -0.15) is 10.2 Å². The van der Waals surface area contributed by atoms with Crippen LogP contribution in [0.4, 0.5) is 5.82 Å². The number of aromatic nitrogens is 5. The zero-order valence-corrected chi connectivity index (χ0v) is 17.6. The highest BCUT2D eigenvalue weighted by Crippen LogP contribution is 2.35. The summed E-state index contributed by atoms with van der Waals surface area (Å²) in [4.78, 5) is 7.20. The lowest BCUT2D eigenvalue weighted by atomic mass is 10.0. The topological polar surface area (TPSA) is 106 Å². The number of sulfone groups is 1. The van der Waals surface area contributed by atoms with Crippen LogP contribution in [0, 0.1) is 0 Å². The standard InChI is InChI=1S/C20H22N6O3S/c1-13-12-29-8-7-26(13)17-11-15(14-4-9-30(27,28)10-5-14)20-19(22-17)18(24-25(20)2)16-3-6-21-23-16/h3-6,9,11,13H,7-8,10,12H2,1-2H3,(H,21,23)/t13-/m1/s1. The summed E-state index contributed by atoms with van der Waals surface area (Å²) in [6, 6.07) is 4.07. The van der Waals surface area contributed by atoms with Gasteiger partial charge in [-0.15, -0.1) is 0 Å². The molecule has 1 atom stereocenters. The fraction of sp³-hybridized carbons (Fsp3) is 0.350. The average molecular weight is 427 g/mol. The van der Waals surface area contributed by atoms with Crippen LogP contribution in [0.15, 0.2) is 35.9 Å². The van der Waals surface area contributed by atoms with Crippen molar-refractivity contribution < 1.29 is 13.2 Å². The minimum absolute atomic E-state index is 0.0167. The summed E-state index contributed by atoms with van der Waals surface area (Å²) in [6.07, 6.45) is 5.09. The Morgan fingerprint density at radius 1 is 1.33 bits per heavy atom. The molecule has 0 aliphatic carbocycles. The molecule has 0 saturated carbocycles. The maximum absolute atomic E-state index is 11.9. The summed E-state index contributed by atoms with van der Waals surface area (Å²) in [6.45, 7) is 4.12. The van der Waals surface area contributed by atoms with E-state index in [-0.39, 0.29) is 11.8 Å². The van der Waals surface area contributed by atoms with Crippen molar-refractivity contribution in [2.45, 2.75) is 13.0 Å².